The maximum absolute atomic E-state index is 12.0. The number of H-pyrrole nitrogens is 1. The van der Waals surface area contributed by atoms with Crippen LogP contribution >= 0.6 is 0 Å². The van der Waals surface area contributed by atoms with Crippen molar-refractivity contribution in [3.63, 3.8) is 0 Å². The van der Waals surface area contributed by atoms with Gasteiger partial charge in [-0.15, -0.1) is 0 Å². The first-order chi connectivity index (χ1) is 13.9. The predicted octanol–water partition coefficient (Wildman–Crippen LogP) is 0.871. The summed E-state index contributed by atoms with van der Waals surface area (Å²) in [5, 5.41) is 21.8. The Morgan fingerprint density at radius 1 is 1.14 bits per heavy atom. The van der Waals surface area contributed by atoms with Crippen molar-refractivity contribution >= 4 is 40.8 Å². The molecule has 2 amide bonds. The Balaban J connectivity index is 1.84. The number of carbonyl (C=O) groups is 4. The van der Waals surface area contributed by atoms with Crippen molar-refractivity contribution in [2.45, 2.75) is 18.9 Å². The van der Waals surface area contributed by atoms with E-state index in [1.165, 1.54) is 0 Å². The number of nitrogens with zero attached hydrogens (tertiary/aromatic N) is 2. The Hall–Kier alpha value is -3.40. The number of anilines is 1. The van der Waals surface area contributed by atoms with E-state index in [4.69, 9.17) is 5.11 Å². The summed E-state index contributed by atoms with van der Waals surface area (Å²) in [6.07, 6.45) is 1.99. The fourth-order valence-corrected chi connectivity index (χ4v) is 3.48. The lowest BCUT2D eigenvalue weighted by Crippen LogP contribution is -2.48. The number of aromatic amines is 1. The number of aliphatic carboxylic acids is 2. The van der Waals surface area contributed by atoms with E-state index in [-0.39, 0.29) is 12.8 Å². The highest BCUT2D eigenvalue weighted by Crippen LogP contribution is 2.31. The maximum atomic E-state index is 12.0. The van der Waals surface area contributed by atoms with Gasteiger partial charge in [0.15, 0.2) is 0 Å². The molecular weight excluding hydrogens is 380 g/mol. The number of rotatable bonds is 8. The summed E-state index contributed by atoms with van der Waals surface area (Å²) in [6.45, 7) is 1.79. The van der Waals surface area contributed by atoms with Crippen molar-refractivity contribution < 1.29 is 29.4 Å². The van der Waals surface area contributed by atoms with Crippen LogP contribution in [0, 0.1) is 0 Å². The molecule has 1 aromatic heterocycles. The zero-order chi connectivity index (χ0) is 21.0. The lowest BCUT2D eigenvalue weighted by Gasteiger charge is -2.36. The molecule has 1 fully saturated rings. The molecule has 154 valence electrons. The van der Waals surface area contributed by atoms with Gasteiger partial charge in [-0.2, -0.15) is 0 Å². The van der Waals surface area contributed by atoms with Crippen LogP contribution in [0.4, 0.5) is 5.69 Å². The number of aromatic nitrogens is 1. The van der Waals surface area contributed by atoms with Crippen LogP contribution in [-0.4, -0.2) is 75.4 Å². The molecule has 1 atom stereocenters. The number of nitrogens with one attached hydrogen (secondary N) is 2. The number of amides is 2. The minimum atomic E-state index is -1.05. The Bertz CT molecular complexity index is 932. The number of carboxylic acids is 2. The van der Waals surface area contributed by atoms with Crippen molar-refractivity contribution in [1.29, 1.82) is 0 Å². The Morgan fingerprint density at radius 2 is 1.86 bits per heavy atom. The third kappa shape index (κ3) is 4.72. The van der Waals surface area contributed by atoms with Gasteiger partial charge in [0.2, 0.25) is 12.3 Å². The van der Waals surface area contributed by atoms with Crippen molar-refractivity contribution in [2.75, 3.05) is 31.5 Å². The summed E-state index contributed by atoms with van der Waals surface area (Å²) in [5.74, 6) is -2.48. The normalized spacial score (nSPS) is 15.8. The zero-order valence-electron chi connectivity index (χ0n) is 15.6. The lowest BCUT2D eigenvalue weighted by molar-refractivity contribution is -0.144. The Morgan fingerprint density at radius 3 is 2.48 bits per heavy atom. The van der Waals surface area contributed by atoms with Crippen LogP contribution in [0.25, 0.3) is 10.9 Å². The fourth-order valence-electron chi connectivity index (χ4n) is 3.48. The number of carbonyl (C=O) groups excluding carboxylic acids is 2. The van der Waals surface area contributed by atoms with Gasteiger partial charge in [-0.3, -0.25) is 24.1 Å². The van der Waals surface area contributed by atoms with Gasteiger partial charge in [0, 0.05) is 61.0 Å². The standard InChI is InChI=1S/C19H22N4O6/c24-11-22-5-7-23(8-6-22)18(19(28)29)14-10-20-15-2-1-12(9-13(14)15)21-16(25)3-4-17(26)27/h1-2,9-11,18,20H,3-8H2,(H,21,25)(H,26,27)(H,28,29). The molecule has 1 aromatic carbocycles. The largest absolute Gasteiger partial charge is 0.481 e. The average molecular weight is 402 g/mol. The van der Waals surface area contributed by atoms with E-state index in [0.717, 1.165) is 11.9 Å². The van der Waals surface area contributed by atoms with Gasteiger partial charge in [-0.1, -0.05) is 0 Å². The van der Waals surface area contributed by atoms with Gasteiger partial charge in [0.25, 0.3) is 0 Å². The van der Waals surface area contributed by atoms with Gasteiger partial charge < -0.3 is 25.4 Å². The smallest absolute Gasteiger partial charge is 0.325 e. The number of hydrogen-bond donors (Lipinski definition) is 4. The molecule has 4 N–H and O–H groups in total. The van der Waals surface area contributed by atoms with Gasteiger partial charge in [-0.25, -0.2) is 0 Å². The van der Waals surface area contributed by atoms with Crippen molar-refractivity contribution in [1.82, 2.24) is 14.8 Å². The van der Waals surface area contributed by atoms with Gasteiger partial charge >= 0.3 is 11.9 Å². The number of piperazine rings is 1. The second-order valence-corrected chi connectivity index (χ2v) is 6.86. The van der Waals surface area contributed by atoms with Crippen molar-refractivity contribution in [3.8, 4) is 0 Å². The molecule has 0 radical (unpaired) electrons. The minimum Gasteiger partial charge on any atom is -0.481 e. The highest BCUT2D eigenvalue weighted by molar-refractivity contribution is 5.96. The van der Waals surface area contributed by atoms with Crippen LogP contribution in [0.3, 0.4) is 0 Å². The summed E-state index contributed by atoms with van der Waals surface area (Å²) in [5.41, 5.74) is 1.75. The average Bonchev–Trinajstić information content (AvgIpc) is 3.10. The van der Waals surface area contributed by atoms with E-state index < -0.39 is 23.9 Å². The number of benzene rings is 1. The highest BCUT2D eigenvalue weighted by atomic mass is 16.4. The molecular formula is C19H22N4O6. The topological polar surface area (TPSA) is 143 Å². The molecule has 2 aromatic rings. The van der Waals surface area contributed by atoms with Crippen LogP contribution in [0.2, 0.25) is 0 Å². The van der Waals surface area contributed by atoms with Crippen molar-refractivity contribution in [3.05, 3.63) is 30.0 Å². The van der Waals surface area contributed by atoms with Crippen LogP contribution in [0.5, 0.6) is 0 Å². The highest BCUT2D eigenvalue weighted by Gasteiger charge is 2.32. The Labute approximate surface area is 166 Å². The van der Waals surface area contributed by atoms with Gasteiger partial charge in [0.05, 0.1) is 6.42 Å². The first-order valence-electron chi connectivity index (χ1n) is 9.18. The van der Waals surface area contributed by atoms with Crippen LogP contribution < -0.4 is 5.32 Å². The lowest BCUT2D eigenvalue weighted by atomic mass is 10.0. The van der Waals surface area contributed by atoms with E-state index in [1.54, 1.807) is 29.3 Å². The second-order valence-electron chi connectivity index (χ2n) is 6.86. The summed E-state index contributed by atoms with van der Waals surface area (Å²) >= 11 is 0. The third-order valence-electron chi connectivity index (χ3n) is 4.96. The monoisotopic (exact) mass is 402 g/mol. The Kier molecular flexibility index (Phi) is 6.13. The van der Waals surface area contributed by atoms with Crippen molar-refractivity contribution in [2.24, 2.45) is 0 Å². The van der Waals surface area contributed by atoms with E-state index >= 15 is 0 Å². The number of carboxylic acid groups (broad SMARTS) is 2. The first-order valence-corrected chi connectivity index (χ1v) is 9.18. The molecule has 0 spiro atoms. The quantitative estimate of drug-likeness (QED) is 0.480. The molecule has 0 bridgehead atoms. The predicted molar refractivity (Wildman–Crippen MR) is 103 cm³/mol. The van der Waals surface area contributed by atoms with Crippen LogP contribution in [-0.2, 0) is 19.2 Å². The molecule has 0 saturated carbocycles. The van der Waals surface area contributed by atoms with E-state index in [0.29, 0.717) is 42.8 Å². The zero-order valence-corrected chi connectivity index (χ0v) is 15.6. The SMILES string of the molecule is O=CN1CCN(C(C(=O)O)c2c[nH]c3ccc(NC(=O)CCC(=O)O)cc23)CC1. The summed E-state index contributed by atoms with van der Waals surface area (Å²) in [7, 11) is 0. The maximum Gasteiger partial charge on any atom is 0.325 e. The molecule has 2 heterocycles. The molecule has 10 heteroatoms. The number of fused-ring (bicyclic) bond motifs is 1. The van der Waals surface area contributed by atoms with Crippen LogP contribution in [0.15, 0.2) is 24.4 Å². The number of hydrogen-bond acceptors (Lipinski definition) is 5. The molecule has 1 unspecified atom stereocenters. The third-order valence-corrected chi connectivity index (χ3v) is 4.96. The van der Waals surface area contributed by atoms with E-state index in [2.05, 4.69) is 10.3 Å². The van der Waals surface area contributed by atoms with Gasteiger partial charge in [0.1, 0.15) is 6.04 Å². The summed E-state index contributed by atoms with van der Waals surface area (Å²) in [4.78, 5) is 51.9. The van der Waals surface area contributed by atoms with E-state index in [1.807, 2.05) is 4.90 Å². The van der Waals surface area contributed by atoms with E-state index in [9.17, 15) is 24.3 Å². The molecule has 3 rings (SSSR count). The molecule has 0 aliphatic carbocycles. The molecule has 1 aliphatic rings. The molecule has 29 heavy (non-hydrogen) atoms. The molecule has 1 saturated heterocycles. The fraction of sp³-hybridized carbons (Fsp3) is 0.368. The van der Waals surface area contributed by atoms with Crippen LogP contribution in [0.1, 0.15) is 24.4 Å². The summed E-state index contributed by atoms with van der Waals surface area (Å²) < 4.78 is 0. The molecule has 1 aliphatic heterocycles. The second kappa shape index (κ2) is 8.74. The molecule has 10 nitrogen and oxygen atoms in total. The van der Waals surface area contributed by atoms with Gasteiger partial charge in [-0.05, 0) is 18.2 Å². The minimum absolute atomic E-state index is 0.147. The first kappa shape index (κ1) is 20.3. The summed E-state index contributed by atoms with van der Waals surface area (Å²) in [6, 6.07) is 4.18.